The van der Waals surface area contributed by atoms with Crippen LogP contribution in [0.3, 0.4) is 0 Å². The molecule has 2 atom stereocenters. The van der Waals surface area contributed by atoms with Crippen molar-refractivity contribution in [2.45, 2.75) is 56.2 Å². The number of nitrogens with one attached hydrogen (secondary N) is 1. The van der Waals surface area contributed by atoms with E-state index in [1.807, 2.05) is 0 Å². The lowest BCUT2D eigenvalue weighted by Gasteiger charge is -2.35. The lowest BCUT2D eigenvalue weighted by molar-refractivity contribution is -0.131. The Kier molecular flexibility index (Phi) is 4.01. The third-order valence-corrected chi connectivity index (χ3v) is 3.88. The van der Waals surface area contributed by atoms with Gasteiger partial charge in [-0.3, -0.25) is 4.79 Å². The van der Waals surface area contributed by atoms with Crippen LogP contribution in [-0.2, 0) is 9.53 Å². The Balaban J connectivity index is 1.90. The molecule has 1 saturated carbocycles. The van der Waals surface area contributed by atoms with E-state index in [0.717, 1.165) is 25.7 Å². The fourth-order valence-corrected chi connectivity index (χ4v) is 2.55. The number of aliphatic hydroxyl groups excluding tert-OH is 1. The molecule has 4 N–H and O–H groups in total. The summed E-state index contributed by atoms with van der Waals surface area (Å²) in [5, 5.41) is 12.7. The monoisotopic (exact) mass is 242 g/mol. The number of hydrogen-bond donors (Lipinski definition) is 3. The predicted molar refractivity (Wildman–Crippen MR) is 63.4 cm³/mol. The summed E-state index contributed by atoms with van der Waals surface area (Å²) in [5.74, 6) is -0.133. The van der Waals surface area contributed by atoms with Gasteiger partial charge in [0.05, 0.1) is 17.7 Å². The van der Waals surface area contributed by atoms with Gasteiger partial charge in [0.25, 0.3) is 0 Å². The second kappa shape index (κ2) is 5.33. The molecule has 0 bridgehead atoms. The summed E-state index contributed by atoms with van der Waals surface area (Å²) < 4.78 is 5.22. The topological polar surface area (TPSA) is 84.6 Å². The molecule has 1 aliphatic heterocycles. The fraction of sp³-hybridized carbons (Fsp3) is 0.917. The summed E-state index contributed by atoms with van der Waals surface area (Å²) in [6, 6.07) is -0.125. The van der Waals surface area contributed by atoms with Crippen molar-refractivity contribution in [2.24, 2.45) is 5.73 Å². The van der Waals surface area contributed by atoms with E-state index < -0.39 is 11.6 Å². The van der Waals surface area contributed by atoms with Gasteiger partial charge in [-0.15, -0.1) is 0 Å². The molecule has 2 rings (SSSR count). The minimum Gasteiger partial charge on any atom is -0.391 e. The van der Waals surface area contributed by atoms with E-state index >= 15 is 0 Å². The van der Waals surface area contributed by atoms with E-state index in [2.05, 4.69) is 5.32 Å². The lowest BCUT2D eigenvalue weighted by Crippen LogP contribution is -2.60. The molecule has 2 unspecified atom stereocenters. The van der Waals surface area contributed by atoms with Gasteiger partial charge < -0.3 is 20.9 Å². The predicted octanol–water partition coefficient (Wildman–Crippen LogP) is -0.0860. The van der Waals surface area contributed by atoms with E-state index in [1.54, 1.807) is 0 Å². The normalized spacial score (nSPS) is 33.1. The van der Waals surface area contributed by atoms with Crippen LogP contribution in [0.1, 0.15) is 38.5 Å². The van der Waals surface area contributed by atoms with Crippen molar-refractivity contribution in [2.75, 3.05) is 13.2 Å². The molecule has 5 nitrogen and oxygen atoms in total. The smallest absolute Gasteiger partial charge is 0.240 e. The van der Waals surface area contributed by atoms with Gasteiger partial charge in [0.2, 0.25) is 5.91 Å². The largest absolute Gasteiger partial charge is 0.391 e. The molecule has 0 aromatic carbocycles. The molecule has 1 saturated heterocycles. The Morgan fingerprint density at radius 3 is 2.59 bits per heavy atom. The average Bonchev–Trinajstić information content (AvgIpc) is 2.33. The number of rotatable bonds is 2. The summed E-state index contributed by atoms with van der Waals surface area (Å²) in [7, 11) is 0. The van der Waals surface area contributed by atoms with Gasteiger partial charge in [0, 0.05) is 13.2 Å². The summed E-state index contributed by atoms with van der Waals surface area (Å²) in [6.45, 7) is 1.08. The number of nitrogens with two attached hydrogens (primary N) is 1. The maximum atomic E-state index is 12.1. The molecule has 0 spiro atoms. The first-order valence-electron chi connectivity index (χ1n) is 6.47. The third-order valence-electron chi connectivity index (χ3n) is 3.88. The van der Waals surface area contributed by atoms with E-state index in [1.165, 1.54) is 0 Å². The minimum atomic E-state index is -0.810. The Morgan fingerprint density at radius 2 is 1.94 bits per heavy atom. The number of ether oxygens (including phenoxy) is 1. The molecule has 1 heterocycles. The Hall–Kier alpha value is -0.650. The van der Waals surface area contributed by atoms with Crippen LogP contribution >= 0.6 is 0 Å². The van der Waals surface area contributed by atoms with E-state index in [0.29, 0.717) is 26.1 Å². The first kappa shape index (κ1) is 12.8. The first-order chi connectivity index (χ1) is 8.12. The summed E-state index contributed by atoms with van der Waals surface area (Å²) in [6.07, 6.45) is 4.41. The lowest BCUT2D eigenvalue weighted by atomic mass is 9.88. The highest BCUT2D eigenvalue weighted by atomic mass is 16.5. The fourth-order valence-electron chi connectivity index (χ4n) is 2.55. The van der Waals surface area contributed by atoms with Gasteiger partial charge in [0.1, 0.15) is 0 Å². The van der Waals surface area contributed by atoms with Crippen LogP contribution in [0.4, 0.5) is 0 Å². The minimum absolute atomic E-state index is 0.125. The van der Waals surface area contributed by atoms with Crippen molar-refractivity contribution in [3.05, 3.63) is 0 Å². The molecule has 1 aliphatic carbocycles. The molecule has 1 amide bonds. The molecule has 5 heteroatoms. The SMILES string of the molecule is NC1(C(=O)NC2CCCCC2O)CCOCC1. The molecule has 0 aromatic heterocycles. The summed E-state index contributed by atoms with van der Waals surface area (Å²) in [4.78, 5) is 12.1. The Bertz CT molecular complexity index is 277. The second-order valence-electron chi connectivity index (χ2n) is 5.20. The molecule has 0 aromatic rings. The van der Waals surface area contributed by atoms with E-state index in [9.17, 15) is 9.90 Å². The Morgan fingerprint density at radius 1 is 1.29 bits per heavy atom. The van der Waals surface area contributed by atoms with Crippen LogP contribution in [0, 0.1) is 0 Å². The van der Waals surface area contributed by atoms with Crippen molar-refractivity contribution in [1.29, 1.82) is 0 Å². The molecule has 2 aliphatic rings. The standard InChI is InChI=1S/C12H22N2O3/c13-12(5-7-17-8-6-12)11(16)14-9-3-1-2-4-10(9)15/h9-10,15H,1-8,13H2,(H,14,16). The maximum Gasteiger partial charge on any atom is 0.240 e. The molecule has 2 fully saturated rings. The van der Waals surface area contributed by atoms with Crippen LogP contribution in [0.2, 0.25) is 0 Å². The van der Waals surface area contributed by atoms with Crippen molar-refractivity contribution < 1.29 is 14.6 Å². The van der Waals surface area contributed by atoms with Gasteiger partial charge in [0.15, 0.2) is 0 Å². The van der Waals surface area contributed by atoms with Crippen LogP contribution < -0.4 is 11.1 Å². The third kappa shape index (κ3) is 2.97. The highest BCUT2D eigenvalue weighted by Gasteiger charge is 2.38. The van der Waals surface area contributed by atoms with Gasteiger partial charge in [-0.2, -0.15) is 0 Å². The molecule has 0 radical (unpaired) electrons. The van der Waals surface area contributed by atoms with Crippen molar-refractivity contribution >= 4 is 5.91 Å². The van der Waals surface area contributed by atoms with Crippen LogP contribution in [0.15, 0.2) is 0 Å². The van der Waals surface area contributed by atoms with Gasteiger partial charge >= 0.3 is 0 Å². The van der Waals surface area contributed by atoms with Crippen molar-refractivity contribution in [1.82, 2.24) is 5.32 Å². The van der Waals surface area contributed by atoms with E-state index in [-0.39, 0.29) is 11.9 Å². The number of carbonyl (C=O) groups is 1. The zero-order valence-electron chi connectivity index (χ0n) is 10.2. The molecule has 98 valence electrons. The van der Waals surface area contributed by atoms with Crippen LogP contribution in [-0.4, -0.2) is 41.9 Å². The van der Waals surface area contributed by atoms with E-state index in [4.69, 9.17) is 10.5 Å². The number of amides is 1. The molecular weight excluding hydrogens is 220 g/mol. The van der Waals surface area contributed by atoms with Gasteiger partial charge in [-0.05, 0) is 25.7 Å². The summed E-state index contributed by atoms with van der Waals surface area (Å²) >= 11 is 0. The highest BCUT2D eigenvalue weighted by Crippen LogP contribution is 2.21. The van der Waals surface area contributed by atoms with Gasteiger partial charge in [-0.1, -0.05) is 12.8 Å². The molecular formula is C12H22N2O3. The van der Waals surface area contributed by atoms with Gasteiger partial charge in [-0.25, -0.2) is 0 Å². The number of carbonyl (C=O) groups excluding carboxylic acids is 1. The number of aliphatic hydroxyl groups is 1. The zero-order chi connectivity index (χ0) is 12.3. The Labute approximate surface area is 102 Å². The number of hydrogen-bond acceptors (Lipinski definition) is 4. The zero-order valence-corrected chi connectivity index (χ0v) is 10.2. The van der Waals surface area contributed by atoms with Crippen LogP contribution in [0.5, 0.6) is 0 Å². The molecule has 17 heavy (non-hydrogen) atoms. The quantitative estimate of drug-likeness (QED) is 0.632. The second-order valence-corrected chi connectivity index (χ2v) is 5.20. The first-order valence-corrected chi connectivity index (χ1v) is 6.47. The summed E-state index contributed by atoms with van der Waals surface area (Å²) in [5.41, 5.74) is 5.28. The van der Waals surface area contributed by atoms with Crippen LogP contribution in [0.25, 0.3) is 0 Å². The van der Waals surface area contributed by atoms with Crippen molar-refractivity contribution in [3.8, 4) is 0 Å². The maximum absolute atomic E-state index is 12.1. The highest BCUT2D eigenvalue weighted by molar-refractivity contribution is 5.86. The average molecular weight is 242 g/mol. The van der Waals surface area contributed by atoms with Crippen molar-refractivity contribution in [3.63, 3.8) is 0 Å².